The molecule has 1 aromatic carbocycles. The number of carboxylic acid groups (broad SMARTS) is 1. The first kappa shape index (κ1) is 19.9. The summed E-state index contributed by atoms with van der Waals surface area (Å²) in [6, 6.07) is 9.70. The molecule has 23 heavy (non-hydrogen) atoms. The van der Waals surface area contributed by atoms with Crippen molar-refractivity contribution >= 4 is 18.4 Å². The van der Waals surface area contributed by atoms with Crippen LogP contribution < -0.4 is 0 Å². The van der Waals surface area contributed by atoms with E-state index in [-0.39, 0.29) is 12.4 Å². The lowest BCUT2D eigenvalue weighted by atomic mass is 9.73. The summed E-state index contributed by atoms with van der Waals surface area (Å²) in [5, 5.41) is 9.77. The maximum atomic E-state index is 11.9. The van der Waals surface area contributed by atoms with Gasteiger partial charge in [0, 0.05) is 13.2 Å². The second-order valence-electron chi connectivity index (χ2n) is 6.00. The fourth-order valence-electron chi connectivity index (χ4n) is 3.23. The number of carbonyl (C=O) groups is 1. The molecule has 1 fully saturated rings. The minimum atomic E-state index is -0.705. The van der Waals surface area contributed by atoms with E-state index in [1.54, 1.807) is 0 Å². The topological polar surface area (TPSA) is 49.8 Å². The third kappa shape index (κ3) is 5.20. The largest absolute Gasteiger partial charge is 0.481 e. The number of benzene rings is 1. The molecule has 0 amide bonds. The SMILES string of the molecule is CCOCCCCN1CCC(C(=O)O)(c2ccccc2)CC1.Cl. The summed E-state index contributed by atoms with van der Waals surface area (Å²) in [6.45, 7) is 6.37. The van der Waals surface area contributed by atoms with Gasteiger partial charge in [-0.15, -0.1) is 12.4 Å². The second-order valence-corrected chi connectivity index (χ2v) is 6.00. The third-order valence-electron chi connectivity index (χ3n) is 4.66. The standard InChI is InChI=1S/C18H27NO3.ClH/c1-2-22-15-7-6-12-19-13-10-18(11-14-19,17(20)21)16-8-4-3-5-9-16;/h3-5,8-9H,2,6-7,10-15H2,1H3,(H,20,21);1H. The predicted octanol–water partition coefficient (Wildman–Crippen LogP) is 3.34. The Hall–Kier alpha value is -1.10. The number of piperidine rings is 1. The van der Waals surface area contributed by atoms with E-state index in [4.69, 9.17) is 4.74 Å². The number of aliphatic carboxylic acids is 1. The molecule has 1 saturated heterocycles. The number of hydrogen-bond donors (Lipinski definition) is 1. The molecule has 1 aliphatic heterocycles. The zero-order valence-electron chi connectivity index (χ0n) is 13.9. The lowest BCUT2D eigenvalue weighted by Gasteiger charge is -2.39. The van der Waals surface area contributed by atoms with Gasteiger partial charge in [0.1, 0.15) is 0 Å². The fraction of sp³-hybridized carbons (Fsp3) is 0.611. The van der Waals surface area contributed by atoms with Gasteiger partial charge in [-0.2, -0.15) is 0 Å². The van der Waals surface area contributed by atoms with Crippen LogP contribution in [0.25, 0.3) is 0 Å². The van der Waals surface area contributed by atoms with Crippen LogP contribution in [0.2, 0.25) is 0 Å². The van der Waals surface area contributed by atoms with Crippen molar-refractivity contribution in [1.29, 1.82) is 0 Å². The van der Waals surface area contributed by atoms with E-state index in [1.807, 2.05) is 37.3 Å². The number of hydrogen-bond acceptors (Lipinski definition) is 3. The van der Waals surface area contributed by atoms with Gasteiger partial charge in [0.15, 0.2) is 0 Å². The van der Waals surface area contributed by atoms with E-state index < -0.39 is 11.4 Å². The summed E-state index contributed by atoms with van der Waals surface area (Å²) >= 11 is 0. The van der Waals surface area contributed by atoms with E-state index in [0.717, 1.165) is 51.3 Å². The van der Waals surface area contributed by atoms with E-state index in [0.29, 0.717) is 12.8 Å². The minimum absolute atomic E-state index is 0. The average molecular weight is 342 g/mol. The highest BCUT2D eigenvalue weighted by Gasteiger charge is 2.42. The Balaban J connectivity index is 0.00000264. The summed E-state index contributed by atoms with van der Waals surface area (Å²) in [4.78, 5) is 14.3. The van der Waals surface area contributed by atoms with E-state index in [9.17, 15) is 9.90 Å². The van der Waals surface area contributed by atoms with Gasteiger partial charge in [0.25, 0.3) is 0 Å². The molecule has 0 aromatic heterocycles. The molecule has 1 N–H and O–H groups in total. The van der Waals surface area contributed by atoms with Gasteiger partial charge in [-0.05, 0) is 57.8 Å². The Morgan fingerprint density at radius 1 is 1.22 bits per heavy atom. The van der Waals surface area contributed by atoms with Gasteiger partial charge in [-0.25, -0.2) is 0 Å². The average Bonchev–Trinajstić information content (AvgIpc) is 2.56. The predicted molar refractivity (Wildman–Crippen MR) is 94.4 cm³/mol. The molecular formula is C18H28ClNO3. The normalized spacial score (nSPS) is 17.4. The number of likely N-dealkylation sites (tertiary alicyclic amines) is 1. The van der Waals surface area contributed by atoms with Crippen LogP contribution >= 0.6 is 12.4 Å². The summed E-state index contributed by atoms with van der Waals surface area (Å²) < 4.78 is 5.35. The second kappa shape index (κ2) is 9.91. The van der Waals surface area contributed by atoms with Crippen LogP contribution in [-0.4, -0.2) is 48.8 Å². The van der Waals surface area contributed by atoms with Crippen molar-refractivity contribution in [3.8, 4) is 0 Å². The monoisotopic (exact) mass is 341 g/mol. The number of carboxylic acids is 1. The maximum Gasteiger partial charge on any atom is 0.314 e. The summed E-state index contributed by atoms with van der Waals surface area (Å²) in [5.41, 5.74) is 0.238. The zero-order valence-corrected chi connectivity index (χ0v) is 14.7. The first-order chi connectivity index (χ1) is 10.7. The highest BCUT2D eigenvalue weighted by Crippen LogP contribution is 2.35. The summed E-state index contributed by atoms with van der Waals surface area (Å²) in [7, 11) is 0. The maximum absolute atomic E-state index is 11.9. The highest BCUT2D eigenvalue weighted by molar-refractivity contribution is 5.85. The Kier molecular flexibility index (Phi) is 8.59. The molecule has 4 nitrogen and oxygen atoms in total. The number of halogens is 1. The number of rotatable bonds is 8. The number of nitrogens with zero attached hydrogens (tertiary/aromatic N) is 1. The Morgan fingerprint density at radius 3 is 2.43 bits per heavy atom. The molecule has 0 atom stereocenters. The van der Waals surface area contributed by atoms with Crippen LogP contribution in [0.15, 0.2) is 30.3 Å². The molecule has 2 rings (SSSR count). The van der Waals surface area contributed by atoms with Crippen molar-refractivity contribution < 1.29 is 14.6 Å². The van der Waals surface area contributed by atoms with Crippen LogP contribution in [0, 0.1) is 0 Å². The van der Waals surface area contributed by atoms with Crippen LogP contribution in [0.4, 0.5) is 0 Å². The fourth-order valence-corrected chi connectivity index (χ4v) is 3.23. The number of ether oxygens (including phenoxy) is 1. The molecule has 130 valence electrons. The van der Waals surface area contributed by atoms with E-state index in [1.165, 1.54) is 0 Å². The van der Waals surface area contributed by atoms with E-state index >= 15 is 0 Å². The van der Waals surface area contributed by atoms with Gasteiger partial charge in [0.05, 0.1) is 5.41 Å². The first-order valence-corrected chi connectivity index (χ1v) is 8.28. The molecule has 0 bridgehead atoms. The van der Waals surface area contributed by atoms with Gasteiger partial charge < -0.3 is 14.7 Å². The third-order valence-corrected chi connectivity index (χ3v) is 4.66. The molecule has 1 aliphatic rings. The van der Waals surface area contributed by atoms with Crippen molar-refractivity contribution in [3.05, 3.63) is 35.9 Å². The lowest BCUT2D eigenvalue weighted by molar-refractivity contribution is -0.146. The summed E-state index contributed by atoms with van der Waals surface area (Å²) in [5.74, 6) is -0.685. The molecule has 5 heteroatoms. The van der Waals surface area contributed by atoms with Gasteiger partial charge in [-0.3, -0.25) is 4.79 Å². The van der Waals surface area contributed by atoms with Crippen LogP contribution in [0.1, 0.15) is 38.2 Å². The zero-order chi connectivity index (χ0) is 15.8. The van der Waals surface area contributed by atoms with Crippen LogP contribution in [0.5, 0.6) is 0 Å². The van der Waals surface area contributed by atoms with Crippen molar-refractivity contribution in [1.82, 2.24) is 4.90 Å². The minimum Gasteiger partial charge on any atom is -0.481 e. The van der Waals surface area contributed by atoms with Gasteiger partial charge in [0.2, 0.25) is 0 Å². The number of unbranched alkanes of at least 4 members (excludes halogenated alkanes) is 1. The highest BCUT2D eigenvalue weighted by atomic mass is 35.5. The molecule has 1 aromatic rings. The van der Waals surface area contributed by atoms with Gasteiger partial charge >= 0.3 is 5.97 Å². The molecule has 0 spiro atoms. The molecule has 0 unspecified atom stereocenters. The van der Waals surface area contributed by atoms with E-state index in [2.05, 4.69) is 4.90 Å². The molecular weight excluding hydrogens is 314 g/mol. The molecule has 1 heterocycles. The molecule has 0 saturated carbocycles. The van der Waals surface area contributed by atoms with Crippen molar-refractivity contribution in [2.45, 2.75) is 38.0 Å². The lowest BCUT2D eigenvalue weighted by Crippen LogP contribution is -2.47. The Morgan fingerprint density at radius 2 is 1.87 bits per heavy atom. The Labute approximate surface area is 145 Å². The van der Waals surface area contributed by atoms with Crippen LogP contribution in [-0.2, 0) is 14.9 Å². The molecule has 0 radical (unpaired) electrons. The van der Waals surface area contributed by atoms with Gasteiger partial charge in [-0.1, -0.05) is 30.3 Å². The summed E-state index contributed by atoms with van der Waals surface area (Å²) in [6.07, 6.45) is 3.58. The first-order valence-electron chi connectivity index (χ1n) is 8.28. The van der Waals surface area contributed by atoms with Crippen molar-refractivity contribution in [2.75, 3.05) is 32.8 Å². The smallest absolute Gasteiger partial charge is 0.314 e. The van der Waals surface area contributed by atoms with Crippen molar-refractivity contribution in [2.24, 2.45) is 0 Å². The van der Waals surface area contributed by atoms with Crippen LogP contribution in [0.3, 0.4) is 0 Å². The molecule has 0 aliphatic carbocycles. The van der Waals surface area contributed by atoms with Crippen molar-refractivity contribution in [3.63, 3.8) is 0 Å². The Bertz CT molecular complexity index is 459. The quantitative estimate of drug-likeness (QED) is 0.737.